The molecule has 29 heavy (non-hydrogen) atoms. The highest BCUT2D eigenvalue weighted by molar-refractivity contribution is 5.99. The van der Waals surface area contributed by atoms with Gasteiger partial charge in [-0.1, -0.05) is 12.1 Å². The molecule has 1 saturated heterocycles. The molecule has 1 aliphatic rings. The Kier molecular flexibility index (Phi) is 5.34. The number of rotatable bonds is 5. The van der Waals surface area contributed by atoms with E-state index in [2.05, 4.69) is 16.3 Å². The van der Waals surface area contributed by atoms with E-state index in [0.717, 1.165) is 54.1 Å². The molecule has 6 nitrogen and oxygen atoms in total. The van der Waals surface area contributed by atoms with Crippen molar-refractivity contribution in [2.24, 2.45) is 0 Å². The number of para-hydroxylation sites is 2. The van der Waals surface area contributed by atoms with Crippen molar-refractivity contribution in [2.75, 3.05) is 32.2 Å². The number of aryl methyl sites for hydroxylation is 1. The van der Waals surface area contributed by atoms with Gasteiger partial charge in [-0.05, 0) is 50.1 Å². The normalized spacial score (nSPS) is 16.7. The Morgan fingerprint density at radius 3 is 2.79 bits per heavy atom. The summed E-state index contributed by atoms with van der Waals surface area (Å²) in [5.74, 6) is 1.78. The number of fused-ring (bicyclic) bond motifs is 1. The van der Waals surface area contributed by atoms with Crippen molar-refractivity contribution >= 4 is 22.6 Å². The van der Waals surface area contributed by atoms with Crippen LogP contribution in [-0.2, 0) is 0 Å². The summed E-state index contributed by atoms with van der Waals surface area (Å²) in [5.41, 5.74) is 2.57. The van der Waals surface area contributed by atoms with E-state index in [1.54, 1.807) is 14.2 Å². The lowest BCUT2D eigenvalue weighted by molar-refractivity contribution is 0.0906. The van der Waals surface area contributed by atoms with E-state index >= 15 is 0 Å². The minimum atomic E-state index is -0.176. The molecule has 0 radical (unpaired) electrons. The van der Waals surface area contributed by atoms with Gasteiger partial charge in [0.05, 0.1) is 19.9 Å². The number of ether oxygens (including phenoxy) is 2. The summed E-state index contributed by atoms with van der Waals surface area (Å²) in [6, 6.07) is 13.6. The average molecular weight is 394 g/mol. The number of carbonyl (C=O) groups is 1. The number of methoxy groups -OCH3 is 2. The van der Waals surface area contributed by atoms with Crippen molar-refractivity contribution in [3.8, 4) is 11.5 Å². The number of hydrogen-bond donors (Lipinski definition) is 1. The number of amides is 1. The number of nitrogens with one attached hydrogen (secondary N) is 1. The van der Waals surface area contributed by atoms with Crippen LogP contribution in [0.4, 0.5) is 5.69 Å². The Morgan fingerprint density at radius 2 is 2.00 bits per heavy atom. The molecule has 1 fully saturated rings. The highest BCUT2D eigenvalue weighted by Gasteiger charge is 2.26. The van der Waals surface area contributed by atoms with E-state index in [0.29, 0.717) is 11.3 Å². The molecular weight excluding hydrogens is 368 g/mol. The quantitative estimate of drug-likeness (QED) is 0.704. The Labute approximate surface area is 170 Å². The number of anilines is 1. The zero-order chi connectivity index (χ0) is 20.4. The minimum absolute atomic E-state index is 0.0447. The van der Waals surface area contributed by atoms with Crippen LogP contribution in [0, 0.1) is 6.92 Å². The molecule has 1 aromatic heterocycles. The molecule has 0 bridgehead atoms. The summed E-state index contributed by atoms with van der Waals surface area (Å²) in [7, 11) is 3.31. The van der Waals surface area contributed by atoms with Gasteiger partial charge in [0.1, 0.15) is 17.1 Å². The van der Waals surface area contributed by atoms with Gasteiger partial charge in [0.15, 0.2) is 5.76 Å². The Balaban J connectivity index is 1.51. The van der Waals surface area contributed by atoms with Crippen LogP contribution in [0.5, 0.6) is 11.5 Å². The summed E-state index contributed by atoms with van der Waals surface area (Å²) in [4.78, 5) is 15.2. The predicted octanol–water partition coefficient (Wildman–Crippen LogP) is 4.16. The summed E-state index contributed by atoms with van der Waals surface area (Å²) in [5, 5.41) is 4.05. The van der Waals surface area contributed by atoms with Crippen LogP contribution in [-0.4, -0.2) is 39.3 Å². The van der Waals surface area contributed by atoms with Crippen molar-refractivity contribution in [3.63, 3.8) is 0 Å². The molecule has 152 valence electrons. The summed E-state index contributed by atoms with van der Waals surface area (Å²) in [6.07, 6.45) is 1.93. The van der Waals surface area contributed by atoms with E-state index < -0.39 is 0 Å². The maximum Gasteiger partial charge on any atom is 0.287 e. The molecule has 0 aliphatic carbocycles. The third-order valence-corrected chi connectivity index (χ3v) is 5.53. The lowest BCUT2D eigenvalue weighted by Crippen LogP contribution is -2.48. The van der Waals surface area contributed by atoms with E-state index in [9.17, 15) is 4.79 Å². The van der Waals surface area contributed by atoms with Gasteiger partial charge in [0.25, 0.3) is 5.91 Å². The molecule has 0 spiro atoms. The number of carbonyl (C=O) groups excluding carboxylic acids is 1. The fraction of sp³-hybridized carbons (Fsp3) is 0.348. The van der Waals surface area contributed by atoms with Gasteiger partial charge in [-0.3, -0.25) is 4.79 Å². The largest absolute Gasteiger partial charge is 0.497 e. The predicted molar refractivity (Wildman–Crippen MR) is 113 cm³/mol. The van der Waals surface area contributed by atoms with E-state index in [4.69, 9.17) is 13.9 Å². The number of furan rings is 1. The van der Waals surface area contributed by atoms with Crippen LogP contribution in [0.1, 0.15) is 29.0 Å². The Morgan fingerprint density at radius 1 is 1.17 bits per heavy atom. The van der Waals surface area contributed by atoms with Gasteiger partial charge in [-0.2, -0.15) is 0 Å². The SMILES string of the molecule is COc1ccc2oc(C(=O)NC3CCCN(c4ccccc4OC)C3)c(C)c2c1. The van der Waals surface area contributed by atoms with Gasteiger partial charge in [-0.15, -0.1) is 0 Å². The molecule has 1 amide bonds. The minimum Gasteiger partial charge on any atom is -0.497 e. The van der Waals surface area contributed by atoms with Gasteiger partial charge < -0.3 is 24.1 Å². The molecule has 1 unspecified atom stereocenters. The average Bonchev–Trinajstić information content (AvgIpc) is 3.09. The Hall–Kier alpha value is -3.15. The number of benzene rings is 2. The van der Waals surface area contributed by atoms with Crippen molar-refractivity contribution < 1.29 is 18.7 Å². The first-order valence-electron chi connectivity index (χ1n) is 9.86. The highest BCUT2D eigenvalue weighted by atomic mass is 16.5. The molecular formula is C23H26N2O4. The van der Waals surface area contributed by atoms with Gasteiger partial charge in [0, 0.05) is 30.1 Å². The third kappa shape index (κ3) is 3.75. The summed E-state index contributed by atoms with van der Waals surface area (Å²) in [6.45, 7) is 3.58. The fourth-order valence-corrected chi connectivity index (χ4v) is 4.00. The smallest absolute Gasteiger partial charge is 0.287 e. The van der Waals surface area contributed by atoms with E-state index in [1.165, 1.54) is 0 Å². The van der Waals surface area contributed by atoms with Crippen molar-refractivity contribution in [1.82, 2.24) is 5.32 Å². The van der Waals surface area contributed by atoms with E-state index in [1.807, 2.05) is 43.3 Å². The van der Waals surface area contributed by atoms with Crippen LogP contribution in [0.25, 0.3) is 11.0 Å². The van der Waals surface area contributed by atoms with Gasteiger partial charge in [-0.25, -0.2) is 0 Å². The van der Waals surface area contributed by atoms with Crippen LogP contribution in [0.2, 0.25) is 0 Å². The molecule has 1 aliphatic heterocycles. The van der Waals surface area contributed by atoms with Crippen LogP contribution < -0.4 is 19.7 Å². The second kappa shape index (κ2) is 8.07. The fourth-order valence-electron chi connectivity index (χ4n) is 4.00. The van der Waals surface area contributed by atoms with Crippen LogP contribution in [0.3, 0.4) is 0 Å². The zero-order valence-corrected chi connectivity index (χ0v) is 17.0. The zero-order valence-electron chi connectivity index (χ0n) is 17.0. The standard InChI is InChI=1S/C23H26N2O4/c1-15-18-13-17(27-2)10-11-20(18)29-22(15)23(26)24-16-7-6-12-25(14-16)19-8-4-5-9-21(19)28-3/h4-5,8-11,13,16H,6-7,12,14H2,1-3H3,(H,24,26). The van der Waals surface area contributed by atoms with Crippen LogP contribution >= 0.6 is 0 Å². The topological polar surface area (TPSA) is 63.9 Å². The molecule has 0 saturated carbocycles. The summed E-state index contributed by atoms with van der Waals surface area (Å²) >= 11 is 0. The van der Waals surface area contributed by atoms with Crippen molar-refractivity contribution in [2.45, 2.75) is 25.8 Å². The Bertz CT molecular complexity index is 1030. The molecule has 1 N–H and O–H groups in total. The van der Waals surface area contributed by atoms with Gasteiger partial charge in [0.2, 0.25) is 0 Å². The first kappa shape index (κ1) is 19.2. The van der Waals surface area contributed by atoms with E-state index in [-0.39, 0.29) is 11.9 Å². The first-order valence-corrected chi connectivity index (χ1v) is 9.86. The molecule has 3 aromatic rings. The van der Waals surface area contributed by atoms with Crippen molar-refractivity contribution in [3.05, 3.63) is 53.8 Å². The molecule has 2 heterocycles. The molecule has 6 heteroatoms. The number of hydrogen-bond acceptors (Lipinski definition) is 5. The second-order valence-corrected chi connectivity index (χ2v) is 7.35. The van der Waals surface area contributed by atoms with Gasteiger partial charge >= 0.3 is 0 Å². The molecule has 2 aromatic carbocycles. The lowest BCUT2D eigenvalue weighted by Gasteiger charge is -2.35. The first-order chi connectivity index (χ1) is 14.1. The molecule has 1 atom stereocenters. The lowest BCUT2D eigenvalue weighted by atomic mass is 10.0. The van der Waals surface area contributed by atoms with Crippen molar-refractivity contribution in [1.29, 1.82) is 0 Å². The van der Waals surface area contributed by atoms with Crippen LogP contribution in [0.15, 0.2) is 46.9 Å². The monoisotopic (exact) mass is 394 g/mol. The second-order valence-electron chi connectivity index (χ2n) is 7.35. The highest BCUT2D eigenvalue weighted by Crippen LogP contribution is 2.31. The number of piperidine rings is 1. The maximum absolute atomic E-state index is 12.9. The summed E-state index contributed by atoms with van der Waals surface area (Å²) < 4.78 is 16.6. The number of nitrogens with zero attached hydrogens (tertiary/aromatic N) is 1. The molecule has 4 rings (SSSR count). The third-order valence-electron chi connectivity index (χ3n) is 5.53. The maximum atomic E-state index is 12.9.